The Morgan fingerprint density at radius 2 is 2.05 bits per heavy atom. The van der Waals surface area contributed by atoms with Gasteiger partial charge < -0.3 is 10.4 Å². The monoisotopic (exact) mass is 313 g/mol. The zero-order chi connectivity index (χ0) is 15.5. The zero-order valence-electron chi connectivity index (χ0n) is 12.5. The summed E-state index contributed by atoms with van der Waals surface area (Å²) >= 11 is 1.46. The van der Waals surface area contributed by atoms with E-state index < -0.39 is 0 Å². The first-order valence-electron chi connectivity index (χ1n) is 7.42. The van der Waals surface area contributed by atoms with Gasteiger partial charge in [-0.1, -0.05) is 42.0 Å². The van der Waals surface area contributed by atoms with Crippen molar-refractivity contribution < 1.29 is 9.90 Å². The lowest BCUT2D eigenvalue weighted by Crippen LogP contribution is -2.32. The molecule has 1 heterocycles. The van der Waals surface area contributed by atoms with Gasteiger partial charge in [-0.25, -0.2) is 0 Å². The molecule has 0 bridgehead atoms. The van der Waals surface area contributed by atoms with Gasteiger partial charge in [0.05, 0.1) is 4.88 Å². The first-order chi connectivity index (χ1) is 10.7. The predicted molar refractivity (Wildman–Crippen MR) is 90.1 cm³/mol. The van der Waals surface area contributed by atoms with Crippen LogP contribution in [0.3, 0.4) is 0 Å². The van der Waals surface area contributed by atoms with Gasteiger partial charge in [-0.05, 0) is 30.4 Å². The largest absolute Gasteiger partial charge is 0.396 e. The number of hydrogen-bond donors (Lipinski definition) is 2. The topological polar surface area (TPSA) is 49.3 Å². The van der Waals surface area contributed by atoms with Gasteiger partial charge in [0.2, 0.25) is 0 Å². The third kappa shape index (κ3) is 3.13. The number of rotatable bonds is 4. The molecule has 0 saturated heterocycles. The molecule has 3 nitrogen and oxygen atoms in total. The number of carbonyl (C=O) groups excluding carboxylic acids is 1. The van der Waals surface area contributed by atoms with Crippen LogP contribution in [0.4, 0.5) is 0 Å². The van der Waals surface area contributed by atoms with E-state index in [1.807, 2.05) is 35.7 Å². The first kappa shape index (κ1) is 15.0. The summed E-state index contributed by atoms with van der Waals surface area (Å²) in [5.74, 6) is 0.115. The van der Waals surface area contributed by atoms with Gasteiger partial charge in [-0.2, -0.15) is 0 Å². The Morgan fingerprint density at radius 3 is 2.73 bits per heavy atom. The summed E-state index contributed by atoms with van der Waals surface area (Å²) in [5.41, 5.74) is 3.24. The van der Waals surface area contributed by atoms with Crippen LogP contribution in [-0.2, 0) is 0 Å². The van der Waals surface area contributed by atoms with E-state index in [-0.39, 0.29) is 24.5 Å². The number of aliphatic hydroxyl groups is 1. The molecular weight excluding hydrogens is 294 g/mol. The van der Waals surface area contributed by atoms with Crippen molar-refractivity contribution in [3.05, 3.63) is 58.3 Å². The van der Waals surface area contributed by atoms with Crippen LogP contribution >= 0.6 is 11.3 Å². The maximum absolute atomic E-state index is 12.5. The Bertz CT molecular complexity index is 687. The van der Waals surface area contributed by atoms with Crippen LogP contribution in [0, 0.1) is 12.8 Å². The molecular formula is C18H19NO2S. The van der Waals surface area contributed by atoms with E-state index in [1.165, 1.54) is 16.9 Å². The number of thiophene rings is 1. The van der Waals surface area contributed by atoms with Gasteiger partial charge in [0.25, 0.3) is 5.91 Å². The number of aryl methyl sites for hydroxylation is 1. The third-order valence-corrected chi connectivity index (χ3v) is 4.87. The summed E-state index contributed by atoms with van der Waals surface area (Å²) in [6.45, 7) is 2.19. The molecule has 2 atom stereocenters. The minimum absolute atomic E-state index is 0.0117. The molecule has 0 fully saturated rings. The van der Waals surface area contributed by atoms with Crippen molar-refractivity contribution in [2.45, 2.75) is 19.4 Å². The van der Waals surface area contributed by atoms with Crippen LogP contribution in [0.25, 0.3) is 11.1 Å². The molecule has 2 N–H and O–H groups in total. The minimum atomic E-state index is -0.0428. The molecule has 0 unspecified atom stereocenters. The van der Waals surface area contributed by atoms with Gasteiger partial charge in [-0.15, -0.1) is 11.3 Å². The summed E-state index contributed by atoms with van der Waals surface area (Å²) in [6.07, 6.45) is 4.71. The van der Waals surface area contributed by atoms with Crippen molar-refractivity contribution in [3.8, 4) is 11.1 Å². The average Bonchev–Trinajstić information content (AvgIpc) is 3.16. The normalized spacial score (nSPS) is 20.3. The Balaban J connectivity index is 1.76. The second kappa shape index (κ2) is 6.46. The zero-order valence-corrected chi connectivity index (χ0v) is 13.3. The highest BCUT2D eigenvalue weighted by Crippen LogP contribution is 2.29. The molecule has 22 heavy (non-hydrogen) atoms. The van der Waals surface area contributed by atoms with E-state index in [1.54, 1.807) is 0 Å². The Labute approximate surface area is 134 Å². The fraction of sp³-hybridized carbons (Fsp3) is 0.278. The molecule has 1 aliphatic carbocycles. The van der Waals surface area contributed by atoms with Gasteiger partial charge >= 0.3 is 0 Å². The van der Waals surface area contributed by atoms with E-state index in [0.717, 1.165) is 22.4 Å². The maximum Gasteiger partial charge on any atom is 0.262 e. The molecule has 0 aliphatic heterocycles. The van der Waals surface area contributed by atoms with Gasteiger partial charge in [0, 0.05) is 24.1 Å². The van der Waals surface area contributed by atoms with Crippen LogP contribution in [0.15, 0.2) is 47.9 Å². The summed E-state index contributed by atoms with van der Waals surface area (Å²) < 4.78 is 0. The van der Waals surface area contributed by atoms with Crippen molar-refractivity contribution in [2.24, 2.45) is 5.92 Å². The van der Waals surface area contributed by atoms with Crippen LogP contribution in [0.2, 0.25) is 0 Å². The highest BCUT2D eigenvalue weighted by molar-refractivity contribution is 7.12. The highest BCUT2D eigenvalue weighted by atomic mass is 32.1. The van der Waals surface area contributed by atoms with E-state index >= 15 is 0 Å². The quantitative estimate of drug-likeness (QED) is 0.850. The number of hydrogen-bond acceptors (Lipinski definition) is 3. The van der Waals surface area contributed by atoms with E-state index in [0.29, 0.717) is 0 Å². The van der Waals surface area contributed by atoms with Crippen LogP contribution in [0.5, 0.6) is 0 Å². The second-order valence-electron chi connectivity index (χ2n) is 5.67. The van der Waals surface area contributed by atoms with Crippen molar-refractivity contribution in [2.75, 3.05) is 6.61 Å². The van der Waals surface area contributed by atoms with E-state index in [2.05, 4.69) is 24.4 Å². The lowest BCUT2D eigenvalue weighted by atomic mass is 10.0. The summed E-state index contributed by atoms with van der Waals surface area (Å²) in [5, 5.41) is 14.1. The Kier molecular flexibility index (Phi) is 4.41. The molecule has 2 aromatic rings. The van der Waals surface area contributed by atoms with Crippen molar-refractivity contribution in [1.29, 1.82) is 0 Å². The molecule has 3 rings (SSSR count). The van der Waals surface area contributed by atoms with Crippen molar-refractivity contribution in [1.82, 2.24) is 5.32 Å². The van der Waals surface area contributed by atoms with Crippen LogP contribution in [0.1, 0.15) is 21.7 Å². The van der Waals surface area contributed by atoms with E-state index in [9.17, 15) is 4.79 Å². The SMILES string of the molecule is Cc1ccc(-c2ccsc2C(=O)N[C@@H]2C=C[C@H](CO)C2)cc1. The number of benzene rings is 1. The fourth-order valence-corrected chi connectivity index (χ4v) is 3.52. The molecule has 1 aromatic carbocycles. The molecule has 1 aromatic heterocycles. The van der Waals surface area contributed by atoms with Crippen LogP contribution < -0.4 is 5.32 Å². The number of nitrogens with one attached hydrogen (secondary N) is 1. The Hall–Kier alpha value is -1.91. The standard InChI is InChI=1S/C18H19NO2S/c1-12-2-5-14(6-3-12)16-8-9-22-17(16)18(21)19-15-7-4-13(10-15)11-20/h2-9,13,15,20H,10-11H2,1H3,(H,19,21)/t13-,15+/m0/s1. The number of amides is 1. The summed E-state index contributed by atoms with van der Waals surface area (Å²) in [6, 6.07) is 10.2. The van der Waals surface area contributed by atoms with Crippen molar-refractivity contribution >= 4 is 17.2 Å². The molecule has 4 heteroatoms. The molecule has 1 aliphatic rings. The molecule has 114 valence electrons. The second-order valence-corrected chi connectivity index (χ2v) is 6.59. The van der Waals surface area contributed by atoms with Gasteiger partial charge in [0.15, 0.2) is 0 Å². The molecule has 0 radical (unpaired) electrons. The minimum Gasteiger partial charge on any atom is -0.396 e. The average molecular weight is 313 g/mol. The summed E-state index contributed by atoms with van der Waals surface area (Å²) in [4.78, 5) is 13.3. The predicted octanol–water partition coefficient (Wildman–Crippen LogP) is 3.39. The number of aliphatic hydroxyl groups excluding tert-OH is 1. The first-order valence-corrected chi connectivity index (χ1v) is 8.30. The highest BCUT2D eigenvalue weighted by Gasteiger charge is 2.22. The Morgan fingerprint density at radius 1 is 1.27 bits per heavy atom. The summed E-state index contributed by atoms with van der Waals surface area (Å²) in [7, 11) is 0. The van der Waals surface area contributed by atoms with Gasteiger partial charge in [-0.3, -0.25) is 4.79 Å². The van der Waals surface area contributed by atoms with Crippen molar-refractivity contribution in [3.63, 3.8) is 0 Å². The molecule has 0 spiro atoms. The lowest BCUT2D eigenvalue weighted by molar-refractivity contribution is 0.0946. The third-order valence-electron chi connectivity index (χ3n) is 3.96. The maximum atomic E-state index is 12.5. The smallest absolute Gasteiger partial charge is 0.262 e. The van der Waals surface area contributed by atoms with E-state index in [4.69, 9.17) is 5.11 Å². The molecule has 1 amide bonds. The lowest BCUT2D eigenvalue weighted by Gasteiger charge is -2.13. The van der Waals surface area contributed by atoms with Gasteiger partial charge in [0.1, 0.15) is 0 Å². The molecule has 0 saturated carbocycles. The fourth-order valence-electron chi connectivity index (χ4n) is 2.70. The van der Waals surface area contributed by atoms with Crippen LogP contribution in [-0.4, -0.2) is 23.7 Å². The number of carbonyl (C=O) groups is 1.